The minimum Gasteiger partial charge on any atom is -0.489 e. The van der Waals surface area contributed by atoms with Crippen LogP contribution in [0.1, 0.15) is 12.5 Å². The molecule has 1 amide bonds. The first-order chi connectivity index (χ1) is 11.8. The van der Waals surface area contributed by atoms with Gasteiger partial charge in [0.2, 0.25) is 5.91 Å². The van der Waals surface area contributed by atoms with Gasteiger partial charge in [0.15, 0.2) is 0 Å². The number of amides is 1. The molecular weight excluding hydrogens is 399 g/mol. The van der Waals surface area contributed by atoms with Gasteiger partial charge in [0.25, 0.3) is 0 Å². The summed E-state index contributed by atoms with van der Waals surface area (Å²) in [6.07, 6.45) is -0.925. The number of ether oxygens (including phenoxy) is 1. The number of hydrogen-bond acceptors (Lipinski definition) is 4. The molecule has 0 saturated heterocycles. The lowest BCUT2D eigenvalue weighted by atomic mass is 9.92. The fraction of sp³-hybridized carbons (Fsp3) is 0.278. The highest BCUT2D eigenvalue weighted by molar-refractivity contribution is 6.42. The topological polar surface area (TPSA) is 84.6 Å². The fourth-order valence-electron chi connectivity index (χ4n) is 2.15. The SMILES string of the molecule is CC(N)(C(=O)NCC(O)COc1cccc(Cl)c1Cl)c1ccccc1.Cl. The molecule has 26 heavy (non-hydrogen) atoms. The highest BCUT2D eigenvalue weighted by atomic mass is 35.5. The largest absolute Gasteiger partial charge is 0.489 e. The maximum absolute atomic E-state index is 12.3. The van der Waals surface area contributed by atoms with E-state index < -0.39 is 17.6 Å². The van der Waals surface area contributed by atoms with Gasteiger partial charge in [-0.15, -0.1) is 12.4 Å². The van der Waals surface area contributed by atoms with E-state index in [9.17, 15) is 9.90 Å². The molecule has 8 heteroatoms. The molecule has 4 N–H and O–H groups in total. The molecule has 142 valence electrons. The molecular formula is C18H21Cl3N2O3. The maximum Gasteiger partial charge on any atom is 0.244 e. The van der Waals surface area contributed by atoms with Crippen molar-refractivity contribution in [2.75, 3.05) is 13.2 Å². The highest BCUT2D eigenvalue weighted by Gasteiger charge is 2.30. The molecule has 5 nitrogen and oxygen atoms in total. The molecule has 0 aliphatic carbocycles. The fourth-order valence-corrected chi connectivity index (χ4v) is 2.50. The molecule has 2 rings (SSSR count). The van der Waals surface area contributed by atoms with E-state index in [1.807, 2.05) is 18.2 Å². The van der Waals surface area contributed by atoms with Crippen LogP contribution in [0.25, 0.3) is 0 Å². The summed E-state index contributed by atoms with van der Waals surface area (Å²) in [7, 11) is 0. The van der Waals surface area contributed by atoms with Crippen molar-refractivity contribution in [3.63, 3.8) is 0 Å². The summed E-state index contributed by atoms with van der Waals surface area (Å²) in [6, 6.07) is 14.0. The molecule has 0 aliphatic heterocycles. The normalized spacial score (nSPS) is 13.9. The van der Waals surface area contributed by atoms with Gasteiger partial charge in [-0.3, -0.25) is 4.79 Å². The first-order valence-electron chi connectivity index (χ1n) is 7.70. The Labute approximate surface area is 168 Å². The number of rotatable bonds is 7. The van der Waals surface area contributed by atoms with Crippen LogP contribution >= 0.6 is 35.6 Å². The van der Waals surface area contributed by atoms with Gasteiger partial charge in [0.05, 0.1) is 5.02 Å². The van der Waals surface area contributed by atoms with E-state index in [1.165, 1.54) is 0 Å². The van der Waals surface area contributed by atoms with Gasteiger partial charge in [-0.05, 0) is 24.6 Å². The third-order valence-electron chi connectivity index (χ3n) is 3.69. The molecule has 0 saturated carbocycles. The predicted octanol–water partition coefficient (Wildman–Crippen LogP) is 3.15. The molecule has 2 atom stereocenters. The minimum absolute atomic E-state index is 0. The van der Waals surface area contributed by atoms with Crippen LogP contribution < -0.4 is 15.8 Å². The second kappa shape index (κ2) is 10.00. The Bertz CT molecular complexity index is 727. The molecule has 0 heterocycles. The lowest BCUT2D eigenvalue weighted by Crippen LogP contribution is -2.51. The smallest absolute Gasteiger partial charge is 0.244 e. The van der Waals surface area contributed by atoms with Crippen molar-refractivity contribution < 1.29 is 14.6 Å². The van der Waals surface area contributed by atoms with E-state index in [2.05, 4.69) is 5.32 Å². The number of carbonyl (C=O) groups is 1. The molecule has 2 unspecified atom stereocenters. The summed E-state index contributed by atoms with van der Waals surface area (Å²) in [5, 5.41) is 13.3. The number of nitrogens with two attached hydrogens (primary N) is 1. The van der Waals surface area contributed by atoms with Crippen molar-refractivity contribution in [3.05, 3.63) is 64.1 Å². The molecule has 0 aromatic heterocycles. The number of aliphatic hydroxyl groups excluding tert-OH is 1. The number of aliphatic hydroxyl groups is 1. The summed E-state index contributed by atoms with van der Waals surface area (Å²) >= 11 is 11.9. The van der Waals surface area contributed by atoms with Gasteiger partial charge in [0, 0.05) is 6.54 Å². The van der Waals surface area contributed by atoms with Crippen molar-refractivity contribution >= 4 is 41.5 Å². The number of benzene rings is 2. The lowest BCUT2D eigenvalue weighted by Gasteiger charge is -2.25. The first-order valence-corrected chi connectivity index (χ1v) is 8.45. The third kappa shape index (κ3) is 5.76. The van der Waals surface area contributed by atoms with Gasteiger partial charge in [0.1, 0.15) is 29.0 Å². The summed E-state index contributed by atoms with van der Waals surface area (Å²) < 4.78 is 5.43. The van der Waals surface area contributed by atoms with Crippen LogP contribution in [0.5, 0.6) is 5.75 Å². The Balaban J connectivity index is 0.00000338. The zero-order chi connectivity index (χ0) is 18.4. The van der Waals surface area contributed by atoms with Crippen molar-refractivity contribution in [2.45, 2.75) is 18.6 Å². The van der Waals surface area contributed by atoms with Crippen LogP contribution in [0.2, 0.25) is 10.0 Å². The Hall–Kier alpha value is -1.50. The Morgan fingerprint density at radius 3 is 2.54 bits per heavy atom. The molecule has 0 bridgehead atoms. The number of halogens is 3. The predicted molar refractivity (Wildman–Crippen MR) is 106 cm³/mol. The van der Waals surface area contributed by atoms with Gasteiger partial charge in [-0.25, -0.2) is 0 Å². The van der Waals surface area contributed by atoms with Crippen LogP contribution in [-0.2, 0) is 10.3 Å². The van der Waals surface area contributed by atoms with E-state index >= 15 is 0 Å². The summed E-state index contributed by atoms with van der Waals surface area (Å²) in [4.78, 5) is 12.3. The Morgan fingerprint density at radius 2 is 1.88 bits per heavy atom. The second-order valence-electron chi connectivity index (χ2n) is 5.80. The van der Waals surface area contributed by atoms with Gasteiger partial charge < -0.3 is 20.9 Å². The lowest BCUT2D eigenvalue weighted by molar-refractivity contribution is -0.126. The van der Waals surface area contributed by atoms with Crippen LogP contribution in [0.4, 0.5) is 0 Å². The van der Waals surface area contributed by atoms with Gasteiger partial charge in [-0.2, -0.15) is 0 Å². The van der Waals surface area contributed by atoms with Crippen molar-refractivity contribution in [2.24, 2.45) is 5.73 Å². The van der Waals surface area contributed by atoms with Crippen LogP contribution in [0.15, 0.2) is 48.5 Å². The number of carbonyl (C=O) groups excluding carboxylic acids is 1. The molecule has 2 aromatic rings. The van der Waals surface area contributed by atoms with E-state index in [0.29, 0.717) is 16.3 Å². The average molecular weight is 420 g/mol. The van der Waals surface area contributed by atoms with Crippen LogP contribution in [0, 0.1) is 0 Å². The van der Waals surface area contributed by atoms with E-state index in [-0.39, 0.29) is 30.6 Å². The van der Waals surface area contributed by atoms with Gasteiger partial charge >= 0.3 is 0 Å². The minimum atomic E-state index is -1.20. The summed E-state index contributed by atoms with van der Waals surface area (Å²) in [5.41, 5.74) is 5.60. The standard InChI is InChI=1S/C18H20Cl2N2O3.ClH/c1-18(21,12-6-3-2-4-7-12)17(24)22-10-13(23)11-25-15-9-5-8-14(19)16(15)20;/h2-9,13,23H,10-11,21H2,1H3,(H,22,24);1H. The summed E-state index contributed by atoms with van der Waals surface area (Å²) in [5.74, 6) is -0.0222. The van der Waals surface area contributed by atoms with Crippen LogP contribution in [0.3, 0.4) is 0 Å². The number of hydrogen-bond donors (Lipinski definition) is 3. The van der Waals surface area contributed by atoms with E-state index in [0.717, 1.165) is 0 Å². The molecule has 0 radical (unpaired) electrons. The first kappa shape index (κ1) is 22.5. The van der Waals surface area contributed by atoms with Crippen LogP contribution in [-0.4, -0.2) is 30.3 Å². The number of nitrogens with one attached hydrogen (secondary N) is 1. The summed E-state index contributed by atoms with van der Waals surface area (Å²) in [6.45, 7) is 1.57. The zero-order valence-electron chi connectivity index (χ0n) is 14.1. The molecule has 2 aromatic carbocycles. The van der Waals surface area contributed by atoms with E-state index in [1.54, 1.807) is 37.3 Å². The third-order valence-corrected chi connectivity index (χ3v) is 4.49. The van der Waals surface area contributed by atoms with Crippen molar-refractivity contribution in [1.82, 2.24) is 5.32 Å². The van der Waals surface area contributed by atoms with Gasteiger partial charge in [-0.1, -0.05) is 59.6 Å². The molecule has 0 aliphatic rings. The zero-order valence-corrected chi connectivity index (χ0v) is 16.4. The molecule has 0 fully saturated rings. The highest BCUT2D eigenvalue weighted by Crippen LogP contribution is 2.31. The van der Waals surface area contributed by atoms with Crippen molar-refractivity contribution in [1.29, 1.82) is 0 Å². The second-order valence-corrected chi connectivity index (χ2v) is 6.58. The van der Waals surface area contributed by atoms with E-state index in [4.69, 9.17) is 33.7 Å². The average Bonchev–Trinajstić information content (AvgIpc) is 2.61. The molecule has 0 spiro atoms. The monoisotopic (exact) mass is 418 g/mol. The quantitative estimate of drug-likeness (QED) is 0.643. The Morgan fingerprint density at radius 1 is 1.23 bits per heavy atom. The Kier molecular flexibility index (Phi) is 8.67. The van der Waals surface area contributed by atoms with Crippen molar-refractivity contribution in [3.8, 4) is 5.75 Å². The maximum atomic E-state index is 12.3.